The van der Waals surface area contributed by atoms with Gasteiger partial charge in [0.05, 0.1) is 12.2 Å². The van der Waals surface area contributed by atoms with E-state index in [0.29, 0.717) is 17.4 Å². The molecule has 5 nitrogen and oxygen atoms in total. The Morgan fingerprint density at radius 2 is 2.04 bits per heavy atom. The fraction of sp³-hybridized carbons (Fsp3) is 0.450. The normalized spacial score (nSPS) is 15.5. The van der Waals surface area contributed by atoms with Gasteiger partial charge < -0.3 is 4.90 Å². The van der Waals surface area contributed by atoms with Gasteiger partial charge in [0, 0.05) is 24.7 Å². The van der Waals surface area contributed by atoms with Crippen molar-refractivity contribution in [2.75, 3.05) is 11.9 Å². The predicted octanol–water partition coefficient (Wildman–Crippen LogP) is 4.14. The van der Waals surface area contributed by atoms with E-state index in [2.05, 4.69) is 35.1 Å². The van der Waals surface area contributed by atoms with Crippen LogP contribution in [0.3, 0.4) is 0 Å². The maximum atomic E-state index is 12.5. The van der Waals surface area contributed by atoms with Gasteiger partial charge in [-0.3, -0.25) is 4.79 Å². The molecule has 0 bridgehead atoms. The molecule has 0 atom stereocenters. The molecule has 3 aromatic rings. The molecule has 2 heterocycles. The molecule has 1 aliphatic rings. The van der Waals surface area contributed by atoms with Crippen molar-refractivity contribution >= 4 is 22.0 Å². The first-order valence-electron chi connectivity index (χ1n) is 9.27. The van der Waals surface area contributed by atoms with Gasteiger partial charge in [-0.1, -0.05) is 42.7 Å². The number of aryl methyl sites for hydroxylation is 1. The molecule has 1 fully saturated rings. The van der Waals surface area contributed by atoms with E-state index in [1.54, 1.807) is 17.4 Å². The maximum absolute atomic E-state index is 12.5. The summed E-state index contributed by atoms with van der Waals surface area (Å²) in [7, 11) is 2.03. The number of aromatic nitrogens is 3. The second-order valence-corrected chi connectivity index (χ2v) is 8.24. The highest BCUT2D eigenvalue weighted by Gasteiger charge is 2.20. The largest absolute Gasteiger partial charge is 0.369 e. The monoisotopic (exact) mass is 368 g/mol. The molecule has 4 rings (SSSR count). The Kier molecular flexibility index (Phi) is 4.76. The number of hydrogen-bond donors (Lipinski definition) is 0. The molecule has 1 saturated carbocycles. The first-order chi connectivity index (χ1) is 12.6. The van der Waals surface area contributed by atoms with E-state index in [9.17, 15) is 4.79 Å². The van der Waals surface area contributed by atoms with E-state index in [1.165, 1.54) is 42.2 Å². The van der Waals surface area contributed by atoms with Gasteiger partial charge in [0.15, 0.2) is 0 Å². The van der Waals surface area contributed by atoms with Crippen LogP contribution < -0.4 is 10.5 Å². The van der Waals surface area contributed by atoms with Crippen molar-refractivity contribution in [3.8, 4) is 0 Å². The summed E-state index contributed by atoms with van der Waals surface area (Å²) >= 11 is 1.58. The Labute approximate surface area is 157 Å². The minimum Gasteiger partial charge on any atom is -0.369 e. The molecule has 0 N–H and O–H groups in total. The highest BCUT2D eigenvalue weighted by molar-refractivity contribution is 7.16. The van der Waals surface area contributed by atoms with E-state index in [-0.39, 0.29) is 5.56 Å². The zero-order valence-electron chi connectivity index (χ0n) is 15.3. The first-order valence-corrected chi connectivity index (χ1v) is 10.1. The predicted molar refractivity (Wildman–Crippen MR) is 106 cm³/mol. The minimum absolute atomic E-state index is 0.0825. The highest BCUT2D eigenvalue weighted by atomic mass is 32.1. The Hall–Kier alpha value is -2.21. The van der Waals surface area contributed by atoms with Gasteiger partial charge in [-0.05, 0) is 37.5 Å². The fourth-order valence-corrected chi connectivity index (χ4v) is 4.76. The molecule has 26 heavy (non-hydrogen) atoms. The average molecular weight is 369 g/mol. The van der Waals surface area contributed by atoms with E-state index < -0.39 is 0 Å². The number of hydrogen-bond acceptors (Lipinski definition) is 5. The third-order valence-electron chi connectivity index (χ3n) is 5.11. The molecule has 0 unspecified atom stereocenters. The van der Waals surface area contributed by atoms with Crippen LogP contribution in [0, 0.1) is 6.92 Å². The Balaban J connectivity index is 1.61. The molecule has 1 aliphatic carbocycles. The Morgan fingerprint density at radius 3 is 2.81 bits per heavy atom. The van der Waals surface area contributed by atoms with Crippen LogP contribution in [-0.2, 0) is 6.54 Å². The number of fused-ring (bicyclic) bond motifs is 1. The van der Waals surface area contributed by atoms with Crippen molar-refractivity contribution in [1.29, 1.82) is 0 Å². The van der Waals surface area contributed by atoms with Crippen molar-refractivity contribution in [3.63, 3.8) is 0 Å². The van der Waals surface area contributed by atoms with Gasteiger partial charge in [0.2, 0.25) is 4.96 Å². The second-order valence-electron chi connectivity index (χ2n) is 7.25. The van der Waals surface area contributed by atoms with Crippen LogP contribution in [0.15, 0.2) is 35.1 Å². The second kappa shape index (κ2) is 7.19. The lowest BCUT2D eigenvalue weighted by Gasteiger charge is -2.19. The third-order valence-corrected chi connectivity index (χ3v) is 6.18. The van der Waals surface area contributed by atoms with Crippen LogP contribution in [0.5, 0.6) is 0 Å². The van der Waals surface area contributed by atoms with Crippen LogP contribution in [0.1, 0.15) is 54.3 Å². The minimum atomic E-state index is -0.0825. The quantitative estimate of drug-likeness (QED) is 0.694. The lowest BCUT2D eigenvalue weighted by Crippen LogP contribution is -2.21. The molecule has 6 heteroatoms. The molecule has 0 saturated heterocycles. The standard InChI is InChI=1S/C20H24N4OS/c1-14-7-6-10-17(11-14)23(2)13-16-12-18(25)24-20(21-16)26-19(22-24)15-8-4-3-5-9-15/h6-7,10-12,15H,3-5,8-9,13H2,1-2H3. The van der Waals surface area contributed by atoms with E-state index in [0.717, 1.165) is 16.4 Å². The molecule has 0 spiro atoms. The SMILES string of the molecule is Cc1cccc(N(C)Cc2cc(=O)n3nc(C4CCCCC4)sc3n2)c1. The molecular formula is C20H24N4OS. The molecule has 0 radical (unpaired) electrons. The lowest BCUT2D eigenvalue weighted by molar-refractivity contribution is 0.439. The van der Waals surface area contributed by atoms with E-state index >= 15 is 0 Å². The van der Waals surface area contributed by atoms with Crippen LogP contribution in [0.25, 0.3) is 4.96 Å². The maximum Gasteiger partial charge on any atom is 0.275 e. The molecule has 136 valence electrons. The van der Waals surface area contributed by atoms with Crippen molar-refractivity contribution in [2.24, 2.45) is 0 Å². The topological polar surface area (TPSA) is 50.5 Å². The zero-order chi connectivity index (χ0) is 18.1. The van der Waals surface area contributed by atoms with Gasteiger partial charge in [-0.15, -0.1) is 0 Å². The number of rotatable bonds is 4. The number of benzene rings is 1. The summed E-state index contributed by atoms with van der Waals surface area (Å²) in [6.45, 7) is 2.68. The summed E-state index contributed by atoms with van der Waals surface area (Å²) in [5, 5.41) is 5.64. The summed E-state index contributed by atoms with van der Waals surface area (Å²) in [4.78, 5) is 20.1. The smallest absolute Gasteiger partial charge is 0.275 e. The van der Waals surface area contributed by atoms with E-state index in [4.69, 9.17) is 4.98 Å². The van der Waals surface area contributed by atoms with Crippen LogP contribution >= 0.6 is 11.3 Å². The van der Waals surface area contributed by atoms with E-state index in [1.807, 2.05) is 13.1 Å². The lowest BCUT2D eigenvalue weighted by atomic mass is 9.90. The molecule has 0 amide bonds. The summed E-state index contributed by atoms with van der Waals surface area (Å²) in [6.07, 6.45) is 6.19. The summed E-state index contributed by atoms with van der Waals surface area (Å²) in [6, 6.07) is 9.96. The first kappa shape index (κ1) is 17.2. The van der Waals surface area contributed by atoms with Gasteiger partial charge in [-0.2, -0.15) is 9.61 Å². The fourth-order valence-electron chi connectivity index (χ4n) is 3.67. The Morgan fingerprint density at radius 1 is 1.23 bits per heavy atom. The van der Waals surface area contributed by atoms with Crippen molar-refractivity contribution in [3.05, 3.63) is 57.0 Å². The molecule has 1 aromatic carbocycles. The van der Waals surface area contributed by atoms with Gasteiger partial charge in [0.25, 0.3) is 5.56 Å². The van der Waals surface area contributed by atoms with Crippen LogP contribution in [0.2, 0.25) is 0 Å². The highest BCUT2D eigenvalue weighted by Crippen LogP contribution is 2.34. The summed E-state index contributed by atoms with van der Waals surface area (Å²) in [5.41, 5.74) is 3.05. The number of anilines is 1. The molecular weight excluding hydrogens is 344 g/mol. The zero-order valence-corrected chi connectivity index (χ0v) is 16.1. The molecule has 0 aliphatic heterocycles. The third kappa shape index (κ3) is 3.51. The van der Waals surface area contributed by atoms with Crippen molar-refractivity contribution in [1.82, 2.24) is 14.6 Å². The average Bonchev–Trinajstić information content (AvgIpc) is 3.07. The van der Waals surface area contributed by atoms with Crippen LogP contribution in [0.4, 0.5) is 5.69 Å². The van der Waals surface area contributed by atoms with Crippen LogP contribution in [-0.4, -0.2) is 21.6 Å². The Bertz CT molecular complexity index is 971. The van der Waals surface area contributed by atoms with Crippen molar-refractivity contribution < 1.29 is 0 Å². The summed E-state index contributed by atoms with van der Waals surface area (Å²) in [5.74, 6) is 0.494. The number of nitrogens with zero attached hydrogens (tertiary/aromatic N) is 4. The van der Waals surface area contributed by atoms with Gasteiger partial charge in [-0.25, -0.2) is 4.98 Å². The molecule has 2 aromatic heterocycles. The van der Waals surface area contributed by atoms with Gasteiger partial charge in [0.1, 0.15) is 5.01 Å². The van der Waals surface area contributed by atoms with Gasteiger partial charge >= 0.3 is 0 Å². The summed E-state index contributed by atoms with van der Waals surface area (Å²) < 4.78 is 1.48. The van der Waals surface area contributed by atoms with Crippen molar-refractivity contribution in [2.45, 2.75) is 51.5 Å².